The maximum absolute atomic E-state index is 13.8. The van der Waals surface area contributed by atoms with Crippen molar-refractivity contribution in [3.8, 4) is 11.9 Å². The minimum atomic E-state index is -0.757. The first kappa shape index (κ1) is 23.8. The highest BCUT2D eigenvalue weighted by Crippen LogP contribution is 2.30. The molecule has 0 saturated heterocycles. The second kappa shape index (κ2) is 9.99. The van der Waals surface area contributed by atoms with Crippen LogP contribution in [0.3, 0.4) is 0 Å². The highest BCUT2D eigenvalue weighted by atomic mass is 16.2. The molecule has 0 spiro atoms. The summed E-state index contributed by atoms with van der Waals surface area (Å²) >= 11 is 0. The van der Waals surface area contributed by atoms with Gasteiger partial charge in [0.2, 0.25) is 12.1 Å². The highest BCUT2D eigenvalue weighted by molar-refractivity contribution is 6.10. The van der Waals surface area contributed by atoms with Crippen LogP contribution in [0.5, 0.6) is 0 Å². The SMILES string of the molecule is Cc1cc(C)cc(-n2nc3c(nc2=NC#N)C(Cc2ccccc2)C(=O)N(Cc2ccccc2)C3=O)c1. The van der Waals surface area contributed by atoms with Crippen LogP contribution in [0.2, 0.25) is 0 Å². The van der Waals surface area contributed by atoms with Crippen molar-refractivity contribution in [3.05, 3.63) is 118 Å². The Morgan fingerprint density at radius 2 is 1.54 bits per heavy atom. The number of aryl methyl sites for hydroxylation is 2. The van der Waals surface area contributed by atoms with Crippen molar-refractivity contribution in [1.29, 1.82) is 5.26 Å². The molecule has 0 fully saturated rings. The topological polar surface area (TPSA) is 104 Å². The number of fused-ring (bicyclic) bond motifs is 1. The third-order valence-electron chi connectivity index (χ3n) is 6.26. The first-order valence-corrected chi connectivity index (χ1v) is 11.9. The zero-order valence-corrected chi connectivity index (χ0v) is 20.5. The van der Waals surface area contributed by atoms with Crippen molar-refractivity contribution in [2.24, 2.45) is 4.99 Å². The zero-order valence-electron chi connectivity index (χ0n) is 20.5. The lowest BCUT2D eigenvalue weighted by Crippen LogP contribution is -2.48. The van der Waals surface area contributed by atoms with Gasteiger partial charge in [-0.1, -0.05) is 66.7 Å². The Morgan fingerprint density at radius 3 is 2.16 bits per heavy atom. The Hall–Kier alpha value is -4.90. The lowest BCUT2D eigenvalue weighted by atomic mass is 9.90. The molecule has 182 valence electrons. The molecule has 8 heteroatoms. The number of nitriles is 1. The molecule has 0 saturated carbocycles. The number of benzene rings is 3. The van der Waals surface area contributed by atoms with Crippen molar-refractivity contribution < 1.29 is 9.59 Å². The van der Waals surface area contributed by atoms with Gasteiger partial charge in [0.05, 0.1) is 23.8 Å². The summed E-state index contributed by atoms with van der Waals surface area (Å²) in [5.41, 5.74) is 4.68. The first-order valence-electron chi connectivity index (χ1n) is 11.9. The molecule has 37 heavy (non-hydrogen) atoms. The van der Waals surface area contributed by atoms with Crippen LogP contribution in [0.25, 0.3) is 5.69 Å². The van der Waals surface area contributed by atoms with E-state index in [0.717, 1.165) is 22.3 Å². The maximum atomic E-state index is 13.8. The van der Waals surface area contributed by atoms with Crippen LogP contribution in [-0.4, -0.2) is 31.5 Å². The van der Waals surface area contributed by atoms with Gasteiger partial charge in [-0.2, -0.15) is 15.0 Å². The third-order valence-corrected chi connectivity index (χ3v) is 6.26. The minimum Gasteiger partial charge on any atom is -0.274 e. The van der Waals surface area contributed by atoms with Crippen LogP contribution in [0, 0.1) is 25.3 Å². The van der Waals surface area contributed by atoms with Gasteiger partial charge in [-0.15, -0.1) is 4.99 Å². The number of amides is 2. The zero-order chi connectivity index (χ0) is 25.9. The molecular formula is C29H24N6O2. The van der Waals surface area contributed by atoms with Crippen molar-refractivity contribution in [1.82, 2.24) is 19.7 Å². The number of imide groups is 1. The van der Waals surface area contributed by atoms with E-state index in [-0.39, 0.29) is 29.5 Å². The summed E-state index contributed by atoms with van der Waals surface area (Å²) in [6.45, 7) is 4.02. The molecule has 1 aromatic heterocycles. The number of hydrogen-bond acceptors (Lipinski definition) is 6. The van der Waals surface area contributed by atoms with Gasteiger partial charge in [-0.25, -0.2) is 4.98 Å². The molecule has 2 amide bonds. The van der Waals surface area contributed by atoms with Crippen LogP contribution >= 0.6 is 0 Å². The number of rotatable bonds is 5. The first-order chi connectivity index (χ1) is 17.9. The Bertz CT molecular complexity index is 1580. The Morgan fingerprint density at radius 1 is 0.919 bits per heavy atom. The Labute approximate surface area is 214 Å². The number of hydrogen-bond donors (Lipinski definition) is 0. The predicted octanol–water partition coefficient (Wildman–Crippen LogP) is 3.77. The molecule has 1 aliphatic heterocycles. The maximum Gasteiger partial charge on any atom is 0.283 e. The summed E-state index contributed by atoms with van der Waals surface area (Å²) in [7, 11) is 0. The van der Waals surface area contributed by atoms with Crippen LogP contribution in [0.1, 0.15) is 44.4 Å². The summed E-state index contributed by atoms with van der Waals surface area (Å²) < 4.78 is 1.40. The molecule has 3 aromatic carbocycles. The van der Waals surface area contributed by atoms with Gasteiger partial charge in [0.25, 0.3) is 11.5 Å². The smallest absolute Gasteiger partial charge is 0.274 e. The second-order valence-corrected chi connectivity index (χ2v) is 9.07. The van der Waals surface area contributed by atoms with E-state index in [1.807, 2.05) is 92.7 Å². The summed E-state index contributed by atoms with van der Waals surface area (Å²) in [6.07, 6.45) is 2.11. The number of aromatic nitrogens is 3. The largest absolute Gasteiger partial charge is 0.283 e. The van der Waals surface area contributed by atoms with E-state index in [4.69, 9.17) is 0 Å². The molecule has 0 N–H and O–H groups in total. The minimum absolute atomic E-state index is 0.0152. The van der Waals surface area contributed by atoms with Crippen LogP contribution in [0.15, 0.2) is 83.9 Å². The third kappa shape index (κ3) is 4.80. The van der Waals surface area contributed by atoms with Crippen LogP contribution in [-0.2, 0) is 17.8 Å². The van der Waals surface area contributed by atoms with E-state index in [1.165, 1.54) is 9.58 Å². The lowest BCUT2D eigenvalue weighted by molar-refractivity contribution is -0.131. The number of carbonyl (C=O) groups excluding carboxylic acids is 2. The van der Waals surface area contributed by atoms with E-state index in [9.17, 15) is 14.9 Å². The number of nitrogens with zero attached hydrogens (tertiary/aromatic N) is 6. The molecule has 0 radical (unpaired) electrons. The van der Waals surface area contributed by atoms with Gasteiger partial charge in [0, 0.05) is 0 Å². The van der Waals surface area contributed by atoms with Crippen LogP contribution < -0.4 is 5.62 Å². The Kier molecular flexibility index (Phi) is 6.43. The molecule has 8 nitrogen and oxygen atoms in total. The summed E-state index contributed by atoms with van der Waals surface area (Å²) in [4.78, 5) is 37.2. The molecule has 0 bridgehead atoms. The normalized spacial score (nSPS) is 15.4. The van der Waals surface area contributed by atoms with Crippen molar-refractivity contribution in [2.45, 2.75) is 32.7 Å². The van der Waals surface area contributed by atoms with E-state index >= 15 is 0 Å². The van der Waals surface area contributed by atoms with E-state index < -0.39 is 11.8 Å². The van der Waals surface area contributed by atoms with Gasteiger partial charge >= 0.3 is 0 Å². The molecule has 5 rings (SSSR count). The van der Waals surface area contributed by atoms with Crippen molar-refractivity contribution in [3.63, 3.8) is 0 Å². The molecule has 4 aromatic rings. The van der Waals surface area contributed by atoms with Gasteiger partial charge in [-0.05, 0) is 54.7 Å². The van der Waals surface area contributed by atoms with Crippen molar-refractivity contribution in [2.75, 3.05) is 0 Å². The molecule has 1 atom stereocenters. The molecule has 1 unspecified atom stereocenters. The number of carbonyl (C=O) groups is 2. The molecule has 1 aliphatic rings. The summed E-state index contributed by atoms with van der Waals surface area (Å²) in [5, 5.41) is 14.0. The van der Waals surface area contributed by atoms with Gasteiger partial charge in [-0.3, -0.25) is 14.5 Å². The Balaban J connectivity index is 1.70. The second-order valence-electron chi connectivity index (χ2n) is 9.07. The summed E-state index contributed by atoms with van der Waals surface area (Å²) in [6, 6.07) is 24.7. The van der Waals surface area contributed by atoms with Crippen LogP contribution in [0.4, 0.5) is 0 Å². The standard InChI is InChI=1S/C29H24N6O2/c1-19-13-20(2)15-23(14-19)35-29(31-18-30)32-25-24(16-21-9-5-3-6-10-21)27(36)34(28(37)26(25)33-35)17-22-11-7-4-8-12-22/h3-15,24H,16-17H2,1-2H3. The van der Waals surface area contributed by atoms with E-state index in [0.29, 0.717) is 12.1 Å². The average Bonchev–Trinajstić information content (AvgIpc) is 2.89. The average molecular weight is 489 g/mol. The van der Waals surface area contributed by atoms with Gasteiger partial charge in [0.1, 0.15) is 0 Å². The molecular weight excluding hydrogens is 464 g/mol. The van der Waals surface area contributed by atoms with Gasteiger partial charge in [0.15, 0.2) is 5.69 Å². The molecule has 0 aliphatic carbocycles. The monoisotopic (exact) mass is 488 g/mol. The fraction of sp³-hybridized carbons (Fsp3) is 0.172. The van der Waals surface area contributed by atoms with Crippen molar-refractivity contribution >= 4 is 11.8 Å². The molecule has 2 heterocycles. The fourth-order valence-electron chi connectivity index (χ4n) is 4.64. The lowest BCUT2D eigenvalue weighted by Gasteiger charge is -2.31. The highest BCUT2D eigenvalue weighted by Gasteiger charge is 2.42. The van der Waals surface area contributed by atoms with Gasteiger partial charge < -0.3 is 0 Å². The van der Waals surface area contributed by atoms with E-state index in [1.54, 1.807) is 6.19 Å². The predicted molar refractivity (Wildman–Crippen MR) is 136 cm³/mol. The van der Waals surface area contributed by atoms with E-state index in [2.05, 4.69) is 15.1 Å². The summed E-state index contributed by atoms with van der Waals surface area (Å²) in [5.74, 6) is -1.64. The fourth-order valence-corrected chi connectivity index (χ4v) is 4.64. The quantitative estimate of drug-likeness (QED) is 0.314.